The standard InChI is InChI=1S/C23H27FN2O3/c1-15-2-3-16(12-20(15)24)13-26-11-9-21(23(26)29)25-10-8-19(22(28)14-25)17-4-6-18(27)7-5-17/h2-7,12,19,21-22,27-28H,8-11,13-14H2,1H3/t19-,21?,22+/m0/s1. The lowest BCUT2D eigenvalue weighted by atomic mass is 9.86. The molecule has 2 heterocycles. The van der Waals surface area contributed by atoms with E-state index in [2.05, 4.69) is 4.90 Å². The van der Waals surface area contributed by atoms with E-state index in [9.17, 15) is 19.4 Å². The average Bonchev–Trinajstić information content (AvgIpc) is 3.06. The van der Waals surface area contributed by atoms with E-state index >= 15 is 0 Å². The first-order valence-corrected chi connectivity index (χ1v) is 10.2. The van der Waals surface area contributed by atoms with Crippen molar-refractivity contribution in [2.75, 3.05) is 19.6 Å². The summed E-state index contributed by atoms with van der Waals surface area (Å²) in [7, 11) is 0. The number of phenolic OH excluding ortho intramolecular Hbond substituents is 1. The van der Waals surface area contributed by atoms with Crippen molar-refractivity contribution >= 4 is 5.91 Å². The molecule has 6 heteroatoms. The van der Waals surface area contributed by atoms with Crippen molar-refractivity contribution in [3.05, 3.63) is 65.0 Å². The zero-order valence-electron chi connectivity index (χ0n) is 16.6. The highest BCUT2D eigenvalue weighted by molar-refractivity contribution is 5.84. The number of hydrogen-bond acceptors (Lipinski definition) is 4. The minimum atomic E-state index is -0.554. The normalized spacial score (nSPS) is 25.6. The molecule has 29 heavy (non-hydrogen) atoms. The number of benzene rings is 2. The third-order valence-corrected chi connectivity index (χ3v) is 6.25. The first-order chi connectivity index (χ1) is 13.9. The Hall–Kier alpha value is -2.44. The second kappa shape index (κ2) is 8.13. The van der Waals surface area contributed by atoms with E-state index in [0.29, 0.717) is 25.2 Å². The van der Waals surface area contributed by atoms with Crippen LogP contribution in [0.1, 0.15) is 35.4 Å². The van der Waals surface area contributed by atoms with Gasteiger partial charge >= 0.3 is 0 Å². The van der Waals surface area contributed by atoms with Gasteiger partial charge in [0.15, 0.2) is 0 Å². The van der Waals surface area contributed by atoms with Gasteiger partial charge in [0.1, 0.15) is 11.6 Å². The maximum atomic E-state index is 13.8. The van der Waals surface area contributed by atoms with E-state index in [4.69, 9.17) is 0 Å². The van der Waals surface area contributed by atoms with Gasteiger partial charge in [0.25, 0.3) is 0 Å². The Morgan fingerprint density at radius 3 is 2.55 bits per heavy atom. The fraction of sp³-hybridized carbons (Fsp3) is 0.435. The Kier molecular flexibility index (Phi) is 5.56. The Bertz CT molecular complexity index is 886. The summed E-state index contributed by atoms with van der Waals surface area (Å²) in [6, 6.07) is 11.9. The molecule has 3 atom stereocenters. The summed E-state index contributed by atoms with van der Waals surface area (Å²) in [4.78, 5) is 16.8. The summed E-state index contributed by atoms with van der Waals surface area (Å²) < 4.78 is 13.8. The molecule has 0 saturated carbocycles. The summed E-state index contributed by atoms with van der Waals surface area (Å²) >= 11 is 0. The fourth-order valence-electron chi connectivity index (χ4n) is 4.52. The molecule has 0 spiro atoms. The number of halogens is 1. The van der Waals surface area contributed by atoms with Crippen LogP contribution in [0.3, 0.4) is 0 Å². The van der Waals surface area contributed by atoms with Gasteiger partial charge in [-0.2, -0.15) is 0 Å². The molecular formula is C23H27FN2O3. The molecule has 2 aromatic rings. The number of rotatable bonds is 4. The first-order valence-electron chi connectivity index (χ1n) is 10.2. The van der Waals surface area contributed by atoms with E-state index in [-0.39, 0.29) is 29.4 Å². The monoisotopic (exact) mass is 398 g/mol. The summed E-state index contributed by atoms with van der Waals surface area (Å²) in [5.41, 5.74) is 2.41. The van der Waals surface area contributed by atoms with Crippen LogP contribution in [0.25, 0.3) is 0 Å². The number of hydrogen-bond donors (Lipinski definition) is 2. The predicted octanol–water partition coefficient (Wildman–Crippen LogP) is 2.79. The quantitative estimate of drug-likeness (QED) is 0.831. The van der Waals surface area contributed by atoms with Gasteiger partial charge in [0, 0.05) is 25.6 Å². The number of β-amino-alcohol motifs (C(OH)–C–C–N with tert-alkyl or cyclic N) is 1. The number of carbonyl (C=O) groups is 1. The zero-order chi connectivity index (χ0) is 20.5. The van der Waals surface area contributed by atoms with Gasteiger partial charge < -0.3 is 15.1 Å². The summed E-state index contributed by atoms with van der Waals surface area (Å²) in [6.45, 7) is 3.98. The number of phenols is 1. The molecule has 0 bridgehead atoms. The number of aliphatic hydroxyl groups is 1. The van der Waals surface area contributed by atoms with Crippen LogP contribution in [-0.4, -0.2) is 57.7 Å². The molecule has 0 aliphatic carbocycles. The Morgan fingerprint density at radius 2 is 1.86 bits per heavy atom. The third kappa shape index (κ3) is 4.14. The topological polar surface area (TPSA) is 64.0 Å². The molecule has 4 rings (SSSR count). The van der Waals surface area contributed by atoms with Crippen LogP contribution in [0.5, 0.6) is 5.75 Å². The SMILES string of the molecule is Cc1ccc(CN2CCC(N3CC[C@@H](c4ccc(O)cc4)[C@H](O)C3)C2=O)cc1F. The minimum absolute atomic E-state index is 0.00925. The van der Waals surface area contributed by atoms with Gasteiger partial charge in [0.2, 0.25) is 5.91 Å². The molecular weight excluding hydrogens is 371 g/mol. The van der Waals surface area contributed by atoms with Crippen molar-refractivity contribution in [1.82, 2.24) is 9.80 Å². The van der Waals surface area contributed by atoms with E-state index in [1.807, 2.05) is 18.2 Å². The smallest absolute Gasteiger partial charge is 0.240 e. The number of aryl methyl sites for hydroxylation is 1. The Labute approximate surface area is 170 Å². The number of carbonyl (C=O) groups excluding carboxylic acids is 1. The van der Waals surface area contributed by atoms with Gasteiger partial charge in [-0.05, 0) is 61.2 Å². The number of amides is 1. The van der Waals surface area contributed by atoms with Crippen molar-refractivity contribution in [2.24, 2.45) is 0 Å². The summed E-state index contributed by atoms with van der Waals surface area (Å²) in [5.74, 6) is 0.0344. The average molecular weight is 398 g/mol. The highest BCUT2D eigenvalue weighted by atomic mass is 19.1. The van der Waals surface area contributed by atoms with Crippen molar-refractivity contribution in [3.63, 3.8) is 0 Å². The predicted molar refractivity (Wildman–Crippen MR) is 108 cm³/mol. The van der Waals surface area contributed by atoms with E-state index in [1.54, 1.807) is 30.0 Å². The highest BCUT2D eigenvalue weighted by Crippen LogP contribution is 2.32. The molecule has 2 saturated heterocycles. The number of aromatic hydroxyl groups is 1. The number of aliphatic hydroxyl groups excluding tert-OH is 1. The van der Waals surface area contributed by atoms with Crippen LogP contribution in [0.4, 0.5) is 4.39 Å². The molecule has 1 amide bonds. The van der Waals surface area contributed by atoms with Gasteiger partial charge in [-0.25, -0.2) is 4.39 Å². The van der Waals surface area contributed by atoms with E-state index < -0.39 is 6.10 Å². The maximum absolute atomic E-state index is 13.8. The van der Waals surface area contributed by atoms with Gasteiger partial charge in [-0.1, -0.05) is 24.3 Å². The number of likely N-dealkylation sites (tertiary alicyclic amines) is 2. The van der Waals surface area contributed by atoms with Crippen molar-refractivity contribution < 1.29 is 19.4 Å². The molecule has 154 valence electrons. The molecule has 1 unspecified atom stereocenters. The second-order valence-electron chi connectivity index (χ2n) is 8.20. The molecule has 2 aliphatic rings. The van der Waals surface area contributed by atoms with E-state index in [0.717, 1.165) is 30.5 Å². The lowest BCUT2D eigenvalue weighted by Crippen LogP contribution is -2.50. The molecule has 2 fully saturated rings. The Morgan fingerprint density at radius 1 is 1.10 bits per heavy atom. The van der Waals surface area contributed by atoms with Crippen LogP contribution >= 0.6 is 0 Å². The number of piperidine rings is 1. The minimum Gasteiger partial charge on any atom is -0.508 e. The molecule has 0 aromatic heterocycles. The fourth-order valence-corrected chi connectivity index (χ4v) is 4.52. The molecule has 2 aromatic carbocycles. The van der Waals surface area contributed by atoms with Crippen molar-refractivity contribution in [1.29, 1.82) is 0 Å². The molecule has 2 N–H and O–H groups in total. The van der Waals surface area contributed by atoms with Crippen LogP contribution < -0.4 is 0 Å². The lowest BCUT2D eigenvalue weighted by molar-refractivity contribution is -0.133. The molecule has 0 radical (unpaired) electrons. The van der Waals surface area contributed by atoms with Gasteiger partial charge in [0.05, 0.1) is 12.1 Å². The first kappa shape index (κ1) is 19.9. The van der Waals surface area contributed by atoms with Crippen LogP contribution in [0.2, 0.25) is 0 Å². The largest absolute Gasteiger partial charge is 0.508 e. The van der Waals surface area contributed by atoms with Gasteiger partial charge in [-0.15, -0.1) is 0 Å². The second-order valence-corrected chi connectivity index (χ2v) is 8.20. The van der Waals surface area contributed by atoms with Crippen LogP contribution in [0.15, 0.2) is 42.5 Å². The summed E-state index contributed by atoms with van der Waals surface area (Å²) in [5, 5.41) is 20.2. The zero-order valence-corrected chi connectivity index (χ0v) is 16.6. The molecule has 2 aliphatic heterocycles. The van der Waals surface area contributed by atoms with E-state index in [1.165, 1.54) is 6.07 Å². The summed E-state index contributed by atoms with van der Waals surface area (Å²) in [6.07, 6.45) is 0.934. The third-order valence-electron chi connectivity index (χ3n) is 6.25. The van der Waals surface area contributed by atoms with Crippen LogP contribution in [-0.2, 0) is 11.3 Å². The Balaban J connectivity index is 1.38. The van der Waals surface area contributed by atoms with Crippen molar-refractivity contribution in [2.45, 2.75) is 44.4 Å². The maximum Gasteiger partial charge on any atom is 0.240 e. The van der Waals surface area contributed by atoms with Crippen LogP contribution in [0, 0.1) is 12.7 Å². The van der Waals surface area contributed by atoms with Gasteiger partial charge in [-0.3, -0.25) is 9.69 Å². The number of nitrogens with zero attached hydrogens (tertiary/aromatic N) is 2. The van der Waals surface area contributed by atoms with Crippen molar-refractivity contribution in [3.8, 4) is 5.75 Å². The highest BCUT2D eigenvalue weighted by Gasteiger charge is 2.40. The molecule has 5 nitrogen and oxygen atoms in total. The lowest BCUT2D eigenvalue weighted by Gasteiger charge is -2.38.